The Kier molecular flexibility index (Phi) is 18.1. The van der Waals surface area contributed by atoms with Gasteiger partial charge in [0.1, 0.15) is 58.1 Å². The zero-order valence-corrected chi connectivity index (χ0v) is 44.2. The highest BCUT2D eigenvalue weighted by Gasteiger charge is 2.36. The first-order chi connectivity index (χ1) is 34.5. The van der Waals surface area contributed by atoms with Gasteiger partial charge in [-0.15, -0.1) is 20.4 Å². The molecule has 0 unspecified atom stereocenters. The highest BCUT2D eigenvalue weighted by molar-refractivity contribution is 7.91. The van der Waals surface area contributed by atoms with E-state index in [0.29, 0.717) is 93.9 Å². The van der Waals surface area contributed by atoms with Crippen molar-refractivity contribution in [2.75, 3.05) is 68.1 Å². The quantitative estimate of drug-likeness (QED) is 0.0839. The third kappa shape index (κ3) is 12.1. The molecule has 6 heterocycles. The van der Waals surface area contributed by atoms with E-state index in [0.717, 1.165) is 0 Å². The minimum atomic E-state index is -3.71. The normalized spacial score (nSPS) is 18.0. The van der Waals surface area contributed by atoms with Crippen molar-refractivity contribution in [3.63, 3.8) is 0 Å². The summed E-state index contributed by atoms with van der Waals surface area (Å²) >= 11 is 11.9. The number of halogens is 2. The summed E-state index contributed by atoms with van der Waals surface area (Å²) in [6.45, 7) is 9.22. The van der Waals surface area contributed by atoms with Crippen LogP contribution in [0.15, 0.2) is 73.1 Å². The lowest BCUT2D eigenvalue weighted by Gasteiger charge is -2.25. The van der Waals surface area contributed by atoms with Gasteiger partial charge in [-0.25, -0.2) is 16.8 Å². The molecule has 0 N–H and O–H groups in total. The Bertz CT molecular complexity index is 2740. The maximum absolute atomic E-state index is 13.6. The van der Waals surface area contributed by atoms with Crippen LogP contribution in [0.5, 0.6) is 23.0 Å². The van der Waals surface area contributed by atoms with Gasteiger partial charge in [-0.05, 0) is 62.4 Å². The van der Waals surface area contributed by atoms with Gasteiger partial charge in [0.15, 0.2) is 43.0 Å². The van der Waals surface area contributed by atoms with Crippen LogP contribution < -0.4 is 18.9 Å². The third-order valence-corrected chi connectivity index (χ3v) is 17.5. The average Bonchev–Trinajstić information content (AvgIpc) is 4.01. The molecule has 0 spiro atoms. The molecule has 72 heavy (non-hydrogen) atoms. The lowest BCUT2D eigenvalue weighted by atomic mass is 10.0. The van der Waals surface area contributed by atoms with Crippen molar-refractivity contribution in [1.82, 2.24) is 39.5 Å². The van der Waals surface area contributed by atoms with Gasteiger partial charge in [0, 0.05) is 35.6 Å². The number of nitrogens with zero attached hydrogens (tertiary/aromatic N) is 8. The standard InChI is InChI=1S/2C24H29ClN4O6S/c2*1-15(18-9-8-17(25)12-26-18)16(2)36(30,31)14-22-27-28-24(21-13-34-10-11-35-21)29(22)23-19(32-3)6-5-7-20(23)33-4/h2*5-9,12,15-16,21H,10-11,13-14H2,1-4H3/t15-,16-,21+;15-,16-,21-/m00/s1. The van der Waals surface area contributed by atoms with Crippen LogP contribution in [0.25, 0.3) is 11.4 Å². The lowest BCUT2D eigenvalue weighted by Crippen LogP contribution is -2.28. The first-order valence-electron chi connectivity index (χ1n) is 22.9. The maximum Gasteiger partial charge on any atom is 0.169 e. The van der Waals surface area contributed by atoms with E-state index in [1.54, 1.807) is 83.6 Å². The fourth-order valence-electron chi connectivity index (χ4n) is 8.17. The van der Waals surface area contributed by atoms with Gasteiger partial charge in [-0.3, -0.25) is 19.1 Å². The molecule has 8 rings (SSSR count). The zero-order chi connectivity index (χ0) is 51.7. The number of para-hydroxylation sites is 2. The van der Waals surface area contributed by atoms with Crippen molar-refractivity contribution in [1.29, 1.82) is 0 Å². The van der Waals surface area contributed by atoms with E-state index in [1.165, 1.54) is 40.8 Å². The SMILES string of the molecule is COc1cccc(OC)c1-n1c(CS(=O)(=O)[C@@H](C)[C@H](C)c2ccc(Cl)cn2)nnc1[C@@H]1COCCO1.COc1cccc(OC)c1-n1c(CS(=O)(=O)[C@@H](C)[C@H](C)c2ccc(Cl)cn2)nnc1[C@H]1COCCO1. The molecule has 388 valence electrons. The van der Waals surface area contributed by atoms with E-state index in [1.807, 2.05) is 13.8 Å². The van der Waals surface area contributed by atoms with E-state index < -0.39 is 42.4 Å². The van der Waals surface area contributed by atoms with Gasteiger partial charge in [-0.1, -0.05) is 49.2 Å². The Morgan fingerprint density at radius 3 is 1.21 bits per heavy atom. The van der Waals surface area contributed by atoms with Crippen LogP contribution in [0, 0.1) is 0 Å². The summed E-state index contributed by atoms with van der Waals surface area (Å²) in [5, 5.41) is 16.7. The van der Waals surface area contributed by atoms with E-state index >= 15 is 0 Å². The molecule has 4 aromatic heterocycles. The number of ether oxygens (including phenoxy) is 8. The number of aromatic nitrogens is 8. The minimum Gasteiger partial charge on any atom is -0.494 e. The van der Waals surface area contributed by atoms with Crippen LogP contribution in [-0.2, 0) is 50.1 Å². The van der Waals surface area contributed by atoms with Gasteiger partial charge in [0.05, 0.1) is 88.6 Å². The fraction of sp³-hybridized carbons (Fsp3) is 0.458. The van der Waals surface area contributed by atoms with Crippen LogP contribution >= 0.6 is 23.2 Å². The van der Waals surface area contributed by atoms with E-state index in [9.17, 15) is 16.8 Å². The summed E-state index contributed by atoms with van der Waals surface area (Å²) in [4.78, 5) is 8.61. The Balaban J connectivity index is 0.000000211. The van der Waals surface area contributed by atoms with Crippen LogP contribution in [-0.4, -0.2) is 135 Å². The smallest absolute Gasteiger partial charge is 0.169 e. The van der Waals surface area contributed by atoms with Crippen molar-refractivity contribution in [3.05, 3.63) is 118 Å². The summed E-state index contributed by atoms with van der Waals surface area (Å²) in [6.07, 6.45) is 1.95. The molecular weight excluding hydrogens is 1020 g/mol. The maximum atomic E-state index is 13.6. The molecule has 2 aromatic carbocycles. The fourth-order valence-corrected chi connectivity index (χ4v) is 11.5. The van der Waals surface area contributed by atoms with Crippen LogP contribution in [0.2, 0.25) is 10.0 Å². The van der Waals surface area contributed by atoms with Crippen molar-refractivity contribution in [3.8, 4) is 34.4 Å². The monoisotopic (exact) mass is 1070 g/mol. The first-order valence-corrected chi connectivity index (χ1v) is 27.1. The van der Waals surface area contributed by atoms with Crippen molar-refractivity contribution < 1.29 is 54.7 Å². The van der Waals surface area contributed by atoms with Gasteiger partial charge in [-0.2, -0.15) is 0 Å². The van der Waals surface area contributed by atoms with Gasteiger partial charge >= 0.3 is 0 Å². The first kappa shape index (κ1) is 54.3. The highest BCUT2D eigenvalue weighted by atomic mass is 35.5. The van der Waals surface area contributed by atoms with Crippen molar-refractivity contribution >= 4 is 42.9 Å². The van der Waals surface area contributed by atoms with Crippen molar-refractivity contribution in [2.45, 2.75) is 73.7 Å². The summed E-state index contributed by atoms with van der Waals surface area (Å²) in [7, 11) is -1.30. The Morgan fingerprint density at radius 1 is 0.556 bits per heavy atom. The van der Waals surface area contributed by atoms with E-state index in [4.69, 9.17) is 61.1 Å². The molecule has 2 aliphatic heterocycles. The van der Waals surface area contributed by atoms with Crippen molar-refractivity contribution in [2.24, 2.45) is 0 Å². The number of benzene rings is 2. The second kappa shape index (κ2) is 24.1. The molecule has 6 aromatic rings. The predicted molar refractivity (Wildman–Crippen MR) is 267 cm³/mol. The molecule has 2 saturated heterocycles. The molecule has 2 fully saturated rings. The van der Waals surface area contributed by atoms with Gasteiger partial charge in [0.2, 0.25) is 0 Å². The second-order valence-electron chi connectivity index (χ2n) is 16.9. The third-order valence-electron chi connectivity index (χ3n) is 12.6. The number of hydrogen-bond donors (Lipinski definition) is 0. The summed E-state index contributed by atoms with van der Waals surface area (Å²) in [6, 6.07) is 17.5. The number of methoxy groups -OCH3 is 4. The number of hydrogen-bond acceptors (Lipinski definition) is 18. The van der Waals surface area contributed by atoms with Crippen LogP contribution in [0.3, 0.4) is 0 Å². The Morgan fingerprint density at radius 2 is 0.917 bits per heavy atom. The summed E-state index contributed by atoms with van der Waals surface area (Å²) in [5.74, 6) is 1.63. The molecular formula is C48H58Cl2N8O12S2. The Labute approximate surface area is 429 Å². The molecule has 6 atom stereocenters. The van der Waals surface area contributed by atoms with Crippen LogP contribution in [0.1, 0.15) is 86.4 Å². The lowest BCUT2D eigenvalue weighted by molar-refractivity contribution is -0.0942. The molecule has 0 saturated carbocycles. The summed E-state index contributed by atoms with van der Waals surface area (Å²) in [5.41, 5.74) is 2.25. The number of rotatable bonds is 18. The molecule has 24 heteroatoms. The average molecular weight is 1070 g/mol. The molecule has 0 bridgehead atoms. The molecule has 2 aliphatic rings. The molecule has 0 aliphatic carbocycles. The Hall–Kier alpha value is -5.46. The van der Waals surface area contributed by atoms with Crippen LogP contribution in [0.4, 0.5) is 0 Å². The van der Waals surface area contributed by atoms with Gasteiger partial charge in [0.25, 0.3) is 0 Å². The number of sulfone groups is 2. The predicted octanol–water partition coefficient (Wildman–Crippen LogP) is 7.06. The summed E-state index contributed by atoms with van der Waals surface area (Å²) < 4.78 is 103. The minimum absolute atomic E-state index is 0.213. The highest BCUT2D eigenvalue weighted by Crippen LogP contribution is 2.39. The molecule has 20 nitrogen and oxygen atoms in total. The number of pyridine rings is 2. The van der Waals surface area contributed by atoms with Gasteiger partial charge < -0.3 is 37.9 Å². The van der Waals surface area contributed by atoms with E-state index in [2.05, 4.69) is 30.4 Å². The molecule has 0 radical (unpaired) electrons. The second-order valence-corrected chi connectivity index (χ2v) is 22.5. The van der Waals surface area contributed by atoms with E-state index in [-0.39, 0.29) is 48.2 Å². The largest absolute Gasteiger partial charge is 0.494 e. The zero-order valence-electron chi connectivity index (χ0n) is 41.1. The topological polar surface area (TPSA) is 229 Å². The molecule has 0 amide bonds.